The first kappa shape index (κ1) is 15.4. The number of carbonyl (C=O) groups is 1. The molecule has 0 aliphatic rings. The van der Waals surface area contributed by atoms with Crippen molar-refractivity contribution in [3.63, 3.8) is 0 Å². The van der Waals surface area contributed by atoms with Crippen LogP contribution in [0.3, 0.4) is 0 Å². The van der Waals surface area contributed by atoms with Gasteiger partial charge in [-0.15, -0.1) is 0 Å². The molecule has 1 N–H and O–H groups in total. The Morgan fingerprint density at radius 1 is 1.12 bits per heavy atom. The summed E-state index contributed by atoms with van der Waals surface area (Å²) in [4.78, 5) is 10.9. The van der Waals surface area contributed by atoms with Crippen molar-refractivity contribution in [3.05, 3.63) is 0 Å². The van der Waals surface area contributed by atoms with Gasteiger partial charge in [0.25, 0.3) is 0 Å². The van der Waals surface area contributed by atoms with Gasteiger partial charge in [0.15, 0.2) is 0 Å². The minimum absolute atomic E-state index is 0.0541. The Bertz CT molecular complexity index is 162. The predicted molar refractivity (Wildman–Crippen MR) is 64.5 cm³/mol. The van der Waals surface area contributed by atoms with E-state index >= 15 is 0 Å². The summed E-state index contributed by atoms with van der Waals surface area (Å²) in [6.45, 7) is 4.93. The molecule has 96 valence electrons. The fourth-order valence-corrected chi connectivity index (χ4v) is 1.30. The van der Waals surface area contributed by atoms with Gasteiger partial charge in [-0.25, -0.2) is 4.79 Å². The summed E-state index contributed by atoms with van der Waals surface area (Å²) in [5.74, 6) is -0.274. The molecule has 0 aromatic heterocycles. The lowest BCUT2D eigenvalue weighted by Gasteiger charge is -2.05. The summed E-state index contributed by atoms with van der Waals surface area (Å²) in [6.07, 6.45) is 5.66. The van der Waals surface area contributed by atoms with E-state index < -0.39 is 0 Å². The molecule has 0 rings (SSSR count). The van der Waals surface area contributed by atoms with Gasteiger partial charge in [-0.3, -0.25) is 0 Å². The molecule has 4 nitrogen and oxygen atoms in total. The Balaban J connectivity index is 3.01. The lowest BCUT2D eigenvalue weighted by atomic mass is 10.2. The Labute approximate surface area is 98.7 Å². The number of ether oxygens (including phenoxy) is 2. The minimum Gasteiger partial charge on any atom is -0.464 e. The van der Waals surface area contributed by atoms with Gasteiger partial charge in [-0.1, -0.05) is 13.3 Å². The lowest BCUT2D eigenvalue weighted by Crippen LogP contribution is -2.16. The first-order chi connectivity index (χ1) is 7.81. The van der Waals surface area contributed by atoms with Crippen molar-refractivity contribution >= 4 is 5.97 Å². The molecule has 0 heterocycles. The van der Waals surface area contributed by atoms with Crippen LogP contribution in [-0.2, 0) is 14.3 Å². The maximum atomic E-state index is 10.9. The van der Waals surface area contributed by atoms with Crippen molar-refractivity contribution < 1.29 is 14.3 Å². The standard InChI is InChI=1S/C12H25NO3/c1-3-4-8-13-9-6-5-7-10-16-12(14)11-15-2/h13H,3-11H2,1-2H3. The molecular weight excluding hydrogens is 206 g/mol. The van der Waals surface area contributed by atoms with E-state index in [-0.39, 0.29) is 12.6 Å². The Morgan fingerprint density at radius 2 is 1.88 bits per heavy atom. The van der Waals surface area contributed by atoms with E-state index in [9.17, 15) is 4.79 Å². The number of esters is 1. The summed E-state index contributed by atoms with van der Waals surface area (Å²) in [5.41, 5.74) is 0. The number of unbranched alkanes of at least 4 members (excludes halogenated alkanes) is 3. The third-order valence-electron chi connectivity index (χ3n) is 2.23. The van der Waals surface area contributed by atoms with Crippen LogP contribution in [-0.4, -0.2) is 39.4 Å². The zero-order chi connectivity index (χ0) is 12.1. The fourth-order valence-electron chi connectivity index (χ4n) is 1.30. The largest absolute Gasteiger partial charge is 0.464 e. The van der Waals surface area contributed by atoms with Crippen LogP contribution in [0.2, 0.25) is 0 Å². The second kappa shape index (κ2) is 12.5. The van der Waals surface area contributed by atoms with Crippen LogP contribution in [0.15, 0.2) is 0 Å². The third kappa shape index (κ3) is 11.5. The van der Waals surface area contributed by atoms with Gasteiger partial charge in [-0.05, 0) is 38.8 Å². The van der Waals surface area contributed by atoms with Crippen LogP contribution in [0, 0.1) is 0 Å². The van der Waals surface area contributed by atoms with Crippen molar-refractivity contribution in [2.24, 2.45) is 0 Å². The number of methoxy groups -OCH3 is 1. The van der Waals surface area contributed by atoms with Crippen molar-refractivity contribution in [1.82, 2.24) is 5.32 Å². The predicted octanol–water partition coefficient (Wildman–Crippen LogP) is 1.74. The minimum atomic E-state index is -0.274. The molecule has 0 unspecified atom stereocenters. The monoisotopic (exact) mass is 231 g/mol. The van der Waals surface area contributed by atoms with Crippen molar-refractivity contribution in [2.45, 2.75) is 39.0 Å². The van der Waals surface area contributed by atoms with E-state index in [1.807, 2.05) is 0 Å². The molecule has 0 spiro atoms. The highest BCUT2D eigenvalue weighted by atomic mass is 16.6. The van der Waals surface area contributed by atoms with Crippen molar-refractivity contribution in [1.29, 1.82) is 0 Å². The quantitative estimate of drug-likeness (QED) is 0.434. The summed E-state index contributed by atoms with van der Waals surface area (Å²) in [7, 11) is 1.49. The zero-order valence-corrected chi connectivity index (χ0v) is 10.6. The van der Waals surface area contributed by atoms with Gasteiger partial charge in [0, 0.05) is 7.11 Å². The fraction of sp³-hybridized carbons (Fsp3) is 0.917. The first-order valence-corrected chi connectivity index (χ1v) is 6.16. The Kier molecular flexibility index (Phi) is 12.0. The average Bonchev–Trinajstić information content (AvgIpc) is 2.27. The summed E-state index contributed by atoms with van der Waals surface area (Å²) in [6, 6.07) is 0. The Morgan fingerprint density at radius 3 is 2.56 bits per heavy atom. The van der Waals surface area contributed by atoms with E-state index in [1.165, 1.54) is 20.0 Å². The molecule has 0 amide bonds. The normalized spacial score (nSPS) is 10.4. The highest BCUT2D eigenvalue weighted by molar-refractivity contribution is 5.70. The van der Waals surface area contributed by atoms with Gasteiger partial charge in [0.1, 0.15) is 6.61 Å². The van der Waals surface area contributed by atoms with E-state index in [2.05, 4.69) is 17.0 Å². The van der Waals surface area contributed by atoms with Crippen molar-refractivity contribution in [2.75, 3.05) is 33.4 Å². The van der Waals surface area contributed by atoms with Crippen LogP contribution in [0.5, 0.6) is 0 Å². The van der Waals surface area contributed by atoms with Gasteiger partial charge >= 0.3 is 5.97 Å². The molecule has 0 saturated heterocycles. The van der Waals surface area contributed by atoms with E-state index in [4.69, 9.17) is 4.74 Å². The number of rotatable bonds is 11. The van der Waals surface area contributed by atoms with Crippen LogP contribution >= 0.6 is 0 Å². The van der Waals surface area contributed by atoms with Gasteiger partial charge in [0.2, 0.25) is 0 Å². The molecule has 0 radical (unpaired) electrons. The van der Waals surface area contributed by atoms with E-state index in [0.717, 1.165) is 32.4 Å². The lowest BCUT2D eigenvalue weighted by molar-refractivity contribution is -0.148. The number of carbonyl (C=O) groups excluding carboxylic acids is 1. The maximum Gasteiger partial charge on any atom is 0.332 e. The molecular formula is C12H25NO3. The molecule has 16 heavy (non-hydrogen) atoms. The van der Waals surface area contributed by atoms with Crippen LogP contribution in [0.4, 0.5) is 0 Å². The van der Waals surface area contributed by atoms with Crippen LogP contribution in [0.1, 0.15) is 39.0 Å². The number of hydrogen-bond donors (Lipinski definition) is 1. The summed E-state index contributed by atoms with van der Waals surface area (Å²) >= 11 is 0. The SMILES string of the molecule is CCCCNCCCCCOC(=O)COC. The highest BCUT2D eigenvalue weighted by Crippen LogP contribution is 1.95. The molecule has 0 aromatic rings. The molecule has 0 atom stereocenters. The summed E-state index contributed by atoms with van der Waals surface area (Å²) < 4.78 is 9.60. The number of hydrogen-bond acceptors (Lipinski definition) is 4. The van der Waals surface area contributed by atoms with Gasteiger partial charge in [-0.2, -0.15) is 0 Å². The van der Waals surface area contributed by atoms with Crippen LogP contribution in [0.25, 0.3) is 0 Å². The van der Waals surface area contributed by atoms with Crippen molar-refractivity contribution in [3.8, 4) is 0 Å². The molecule has 0 saturated carbocycles. The van der Waals surface area contributed by atoms with Crippen LogP contribution < -0.4 is 5.32 Å². The highest BCUT2D eigenvalue weighted by Gasteiger charge is 1.99. The maximum absolute atomic E-state index is 10.9. The second-order valence-corrected chi connectivity index (χ2v) is 3.82. The summed E-state index contributed by atoms with van der Waals surface area (Å²) in [5, 5.41) is 3.38. The zero-order valence-electron chi connectivity index (χ0n) is 10.6. The van der Waals surface area contributed by atoms with Gasteiger partial charge in [0.05, 0.1) is 6.61 Å². The topological polar surface area (TPSA) is 47.6 Å². The smallest absolute Gasteiger partial charge is 0.332 e. The molecule has 0 bridgehead atoms. The van der Waals surface area contributed by atoms with Gasteiger partial charge < -0.3 is 14.8 Å². The van der Waals surface area contributed by atoms with E-state index in [0.29, 0.717) is 6.61 Å². The molecule has 0 fully saturated rings. The first-order valence-electron chi connectivity index (χ1n) is 6.16. The molecule has 0 aromatic carbocycles. The number of nitrogens with one attached hydrogen (secondary N) is 1. The average molecular weight is 231 g/mol. The molecule has 0 aliphatic heterocycles. The second-order valence-electron chi connectivity index (χ2n) is 3.82. The Hall–Kier alpha value is -0.610. The third-order valence-corrected chi connectivity index (χ3v) is 2.23. The van der Waals surface area contributed by atoms with E-state index in [1.54, 1.807) is 0 Å². The molecule has 0 aliphatic carbocycles. The molecule has 4 heteroatoms.